The number of ketones is 1. The minimum atomic E-state index is -0.120. The minimum absolute atomic E-state index is 0.00396. The summed E-state index contributed by atoms with van der Waals surface area (Å²) in [5, 5.41) is 9.04. The van der Waals surface area contributed by atoms with E-state index in [4.69, 9.17) is 5.11 Å². The topological polar surface area (TPSA) is 53.1 Å². The molecule has 0 aliphatic carbocycles. The van der Waals surface area contributed by atoms with Gasteiger partial charge in [-0.25, -0.2) is 0 Å². The summed E-state index contributed by atoms with van der Waals surface area (Å²) in [6.45, 7) is 0. The van der Waals surface area contributed by atoms with Crippen LogP contribution in [0.2, 0.25) is 0 Å². The SMILES string of the molecule is O=C(c1ccccc1)c1ccc(O)[nH]1. The van der Waals surface area contributed by atoms with E-state index in [2.05, 4.69) is 4.98 Å². The molecule has 2 N–H and O–H groups in total. The summed E-state index contributed by atoms with van der Waals surface area (Å²) >= 11 is 0. The molecule has 0 bridgehead atoms. The first kappa shape index (κ1) is 8.56. The van der Waals surface area contributed by atoms with Crippen LogP contribution >= 0.6 is 0 Å². The number of H-pyrrole nitrogens is 1. The molecule has 0 atom stereocenters. The van der Waals surface area contributed by atoms with Crippen molar-refractivity contribution in [1.29, 1.82) is 0 Å². The molecule has 0 radical (unpaired) electrons. The molecule has 0 aliphatic rings. The first-order chi connectivity index (χ1) is 6.77. The third-order valence-electron chi connectivity index (χ3n) is 1.95. The lowest BCUT2D eigenvalue weighted by Crippen LogP contribution is -2.00. The van der Waals surface area contributed by atoms with Crippen molar-refractivity contribution < 1.29 is 9.90 Å². The van der Waals surface area contributed by atoms with Gasteiger partial charge in [0.2, 0.25) is 5.78 Å². The lowest BCUT2D eigenvalue weighted by molar-refractivity contribution is 0.103. The Kier molecular flexibility index (Phi) is 2.07. The Balaban J connectivity index is 2.34. The van der Waals surface area contributed by atoms with Crippen LogP contribution in [0.25, 0.3) is 0 Å². The Morgan fingerprint density at radius 3 is 2.36 bits per heavy atom. The van der Waals surface area contributed by atoms with Gasteiger partial charge in [-0.3, -0.25) is 4.79 Å². The highest BCUT2D eigenvalue weighted by Crippen LogP contribution is 2.12. The van der Waals surface area contributed by atoms with Crippen molar-refractivity contribution >= 4 is 5.78 Å². The molecule has 0 saturated carbocycles. The van der Waals surface area contributed by atoms with Gasteiger partial charge in [-0.1, -0.05) is 30.3 Å². The number of benzene rings is 1. The maximum absolute atomic E-state index is 11.7. The van der Waals surface area contributed by atoms with E-state index < -0.39 is 0 Å². The predicted octanol–water partition coefficient (Wildman–Crippen LogP) is 1.95. The quantitative estimate of drug-likeness (QED) is 0.706. The van der Waals surface area contributed by atoms with Crippen LogP contribution in [0, 0.1) is 0 Å². The van der Waals surface area contributed by atoms with Crippen LogP contribution in [0.1, 0.15) is 16.1 Å². The fraction of sp³-hybridized carbons (Fsp3) is 0. The molecule has 3 heteroatoms. The van der Waals surface area contributed by atoms with E-state index in [1.807, 2.05) is 6.07 Å². The fourth-order valence-corrected chi connectivity index (χ4v) is 1.26. The number of rotatable bonds is 2. The third kappa shape index (κ3) is 1.52. The number of carbonyl (C=O) groups is 1. The molecule has 0 unspecified atom stereocenters. The molecule has 14 heavy (non-hydrogen) atoms. The maximum atomic E-state index is 11.7. The Morgan fingerprint density at radius 2 is 1.79 bits per heavy atom. The molecule has 0 amide bonds. The maximum Gasteiger partial charge on any atom is 0.209 e. The molecule has 0 saturated heterocycles. The van der Waals surface area contributed by atoms with Gasteiger partial charge in [0, 0.05) is 11.6 Å². The van der Waals surface area contributed by atoms with Crippen molar-refractivity contribution in [1.82, 2.24) is 4.98 Å². The molecule has 0 aliphatic heterocycles. The van der Waals surface area contributed by atoms with Crippen LogP contribution in [0.15, 0.2) is 42.5 Å². The Labute approximate surface area is 81.0 Å². The van der Waals surface area contributed by atoms with Gasteiger partial charge in [0.15, 0.2) is 5.88 Å². The molecule has 3 nitrogen and oxygen atoms in total. The van der Waals surface area contributed by atoms with Gasteiger partial charge in [-0.2, -0.15) is 0 Å². The lowest BCUT2D eigenvalue weighted by Gasteiger charge is -1.96. The van der Waals surface area contributed by atoms with Gasteiger partial charge in [-0.15, -0.1) is 0 Å². The van der Waals surface area contributed by atoms with Gasteiger partial charge in [0.05, 0.1) is 5.69 Å². The lowest BCUT2D eigenvalue weighted by atomic mass is 10.1. The third-order valence-corrected chi connectivity index (χ3v) is 1.95. The van der Waals surface area contributed by atoms with Crippen molar-refractivity contribution in [3.63, 3.8) is 0 Å². The number of nitrogens with one attached hydrogen (secondary N) is 1. The average Bonchev–Trinajstić information content (AvgIpc) is 2.65. The number of hydrogen-bond donors (Lipinski definition) is 2. The van der Waals surface area contributed by atoms with Crippen LogP contribution in [0.4, 0.5) is 0 Å². The number of carbonyl (C=O) groups excluding carboxylic acids is 1. The van der Waals surface area contributed by atoms with E-state index in [0.717, 1.165) is 0 Å². The largest absolute Gasteiger partial charge is 0.495 e. The zero-order valence-corrected chi connectivity index (χ0v) is 7.40. The van der Waals surface area contributed by atoms with Crippen LogP contribution in [-0.2, 0) is 0 Å². The summed E-state index contributed by atoms with van der Waals surface area (Å²) in [7, 11) is 0. The molecule has 1 aromatic carbocycles. The predicted molar refractivity (Wildman–Crippen MR) is 52.3 cm³/mol. The minimum Gasteiger partial charge on any atom is -0.495 e. The van der Waals surface area contributed by atoms with E-state index in [0.29, 0.717) is 11.3 Å². The van der Waals surface area contributed by atoms with Crippen molar-refractivity contribution in [2.45, 2.75) is 0 Å². The molecular formula is C11H9NO2. The second-order valence-electron chi connectivity index (χ2n) is 2.95. The molecule has 1 aromatic heterocycles. The van der Waals surface area contributed by atoms with Gasteiger partial charge in [0.25, 0.3) is 0 Å². The molecule has 0 spiro atoms. The van der Waals surface area contributed by atoms with E-state index in [1.165, 1.54) is 6.07 Å². The molecule has 1 heterocycles. The van der Waals surface area contributed by atoms with Crippen molar-refractivity contribution in [2.75, 3.05) is 0 Å². The normalized spacial score (nSPS) is 10.0. The van der Waals surface area contributed by atoms with Crippen molar-refractivity contribution in [3.05, 3.63) is 53.7 Å². The van der Waals surface area contributed by atoms with Crippen molar-refractivity contribution in [3.8, 4) is 5.88 Å². The summed E-state index contributed by atoms with van der Waals surface area (Å²) in [6.07, 6.45) is 0. The monoisotopic (exact) mass is 187 g/mol. The zero-order valence-electron chi connectivity index (χ0n) is 7.40. The Bertz CT molecular complexity index is 445. The van der Waals surface area contributed by atoms with Gasteiger partial charge < -0.3 is 10.1 Å². The standard InChI is InChI=1S/C11H9NO2/c13-10-7-6-9(12-10)11(14)8-4-2-1-3-5-8/h1-7,12-13H. The summed E-state index contributed by atoms with van der Waals surface area (Å²) < 4.78 is 0. The average molecular weight is 187 g/mol. The summed E-state index contributed by atoms with van der Waals surface area (Å²) in [4.78, 5) is 14.3. The molecule has 2 rings (SSSR count). The van der Waals surface area contributed by atoms with Gasteiger partial charge >= 0.3 is 0 Å². The zero-order chi connectivity index (χ0) is 9.97. The smallest absolute Gasteiger partial charge is 0.209 e. The Hall–Kier alpha value is -2.03. The number of aromatic nitrogens is 1. The first-order valence-electron chi connectivity index (χ1n) is 4.25. The second-order valence-corrected chi connectivity index (χ2v) is 2.95. The Morgan fingerprint density at radius 1 is 1.07 bits per heavy atom. The fourth-order valence-electron chi connectivity index (χ4n) is 1.26. The van der Waals surface area contributed by atoms with Crippen LogP contribution < -0.4 is 0 Å². The van der Waals surface area contributed by atoms with Gasteiger partial charge in [-0.05, 0) is 6.07 Å². The molecule has 70 valence electrons. The highest BCUT2D eigenvalue weighted by Gasteiger charge is 2.09. The summed E-state index contributed by atoms with van der Waals surface area (Å²) in [5.41, 5.74) is 1.00. The van der Waals surface area contributed by atoms with Crippen LogP contribution in [0.3, 0.4) is 0 Å². The van der Waals surface area contributed by atoms with Crippen molar-refractivity contribution in [2.24, 2.45) is 0 Å². The van der Waals surface area contributed by atoms with E-state index >= 15 is 0 Å². The molecular weight excluding hydrogens is 178 g/mol. The second kappa shape index (κ2) is 3.38. The highest BCUT2D eigenvalue weighted by atomic mass is 16.3. The van der Waals surface area contributed by atoms with Crippen LogP contribution in [-0.4, -0.2) is 15.9 Å². The van der Waals surface area contributed by atoms with Crippen LogP contribution in [0.5, 0.6) is 5.88 Å². The summed E-state index contributed by atoms with van der Waals surface area (Å²) in [6, 6.07) is 11.9. The van der Waals surface area contributed by atoms with E-state index in [1.54, 1.807) is 30.3 Å². The first-order valence-corrected chi connectivity index (χ1v) is 4.25. The van der Waals surface area contributed by atoms with Gasteiger partial charge in [0.1, 0.15) is 0 Å². The summed E-state index contributed by atoms with van der Waals surface area (Å²) in [5.74, 6) is -0.116. The van der Waals surface area contributed by atoms with E-state index in [9.17, 15) is 4.79 Å². The molecule has 0 fully saturated rings. The number of hydrogen-bond acceptors (Lipinski definition) is 2. The molecule has 2 aromatic rings. The number of aromatic hydroxyl groups is 1. The number of aromatic amines is 1. The highest BCUT2D eigenvalue weighted by molar-refractivity contribution is 6.07. The van der Waals surface area contributed by atoms with E-state index in [-0.39, 0.29) is 11.7 Å².